The number of rotatable bonds is 4. The molecule has 0 bridgehead atoms. The Balaban J connectivity index is 1.74. The van der Waals surface area contributed by atoms with Crippen LogP contribution in [-0.4, -0.2) is 47.5 Å². The highest BCUT2D eigenvalue weighted by Crippen LogP contribution is 2.22. The summed E-state index contributed by atoms with van der Waals surface area (Å²) in [5, 5.41) is 5.36. The molecule has 3 nitrogen and oxygen atoms in total. The van der Waals surface area contributed by atoms with Gasteiger partial charge in [-0.2, -0.15) is 0 Å². The van der Waals surface area contributed by atoms with Crippen LogP contribution in [0.3, 0.4) is 0 Å². The Morgan fingerprint density at radius 1 is 1.39 bits per heavy atom. The van der Waals surface area contributed by atoms with Gasteiger partial charge in [0.1, 0.15) is 0 Å². The van der Waals surface area contributed by atoms with Crippen molar-refractivity contribution in [3.8, 4) is 0 Å². The average Bonchev–Trinajstić information content (AvgIpc) is 2.78. The van der Waals surface area contributed by atoms with E-state index in [2.05, 4.69) is 31.0 Å². The number of hydrogen-bond donors (Lipinski definition) is 1. The van der Waals surface area contributed by atoms with E-state index in [-0.39, 0.29) is 0 Å². The molecule has 0 aromatic carbocycles. The summed E-state index contributed by atoms with van der Waals surface area (Å²) in [4.78, 5) is 7.35. The third-order valence-electron chi connectivity index (χ3n) is 3.68. The lowest BCUT2D eigenvalue weighted by molar-refractivity contribution is 0.291. The molecule has 2 rings (SSSR count). The highest BCUT2D eigenvalue weighted by atomic mass is 32.2. The third kappa shape index (κ3) is 4.47. The second-order valence-corrected chi connectivity index (χ2v) is 7.40. The Morgan fingerprint density at radius 2 is 2.11 bits per heavy atom. The summed E-state index contributed by atoms with van der Waals surface area (Å²) in [7, 11) is 0. The second kappa shape index (κ2) is 6.80. The van der Waals surface area contributed by atoms with Gasteiger partial charge in [-0.1, -0.05) is 25.6 Å². The summed E-state index contributed by atoms with van der Waals surface area (Å²) in [5.41, 5.74) is 0. The molecule has 0 aliphatic carbocycles. The van der Waals surface area contributed by atoms with Crippen LogP contribution in [0.25, 0.3) is 0 Å². The number of aliphatic imine (C=N–C) groups is 1. The lowest BCUT2D eigenvalue weighted by Gasteiger charge is -2.27. The molecule has 104 valence electrons. The topological polar surface area (TPSA) is 27.6 Å². The van der Waals surface area contributed by atoms with Gasteiger partial charge in [-0.05, 0) is 45.2 Å². The lowest BCUT2D eigenvalue weighted by atomic mass is 10.2. The Hall–Kier alpha value is -0.220. The quantitative estimate of drug-likeness (QED) is 0.850. The summed E-state index contributed by atoms with van der Waals surface area (Å²) in [6.45, 7) is 11.6. The van der Waals surface area contributed by atoms with Crippen LogP contribution < -0.4 is 5.32 Å². The predicted octanol–water partition coefficient (Wildman–Crippen LogP) is 2.58. The molecule has 2 aliphatic heterocycles. The van der Waals surface area contributed by atoms with E-state index in [0.29, 0.717) is 17.2 Å². The van der Waals surface area contributed by atoms with Crippen LogP contribution in [0, 0.1) is 5.92 Å². The number of amidine groups is 1. The first-order chi connectivity index (χ1) is 8.63. The first-order valence-electron chi connectivity index (χ1n) is 7.33. The molecule has 0 amide bonds. The minimum Gasteiger partial charge on any atom is -0.362 e. The van der Waals surface area contributed by atoms with Crippen molar-refractivity contribution >= 4 is 16.9 Å². The fraction of sp³-hybridized carbons (Fsp3) is 0.929. The van der Waals surface area contributed by atoms with Crippen molar-refractivity contribution in [2.75, 3.05) is 26.2 Å². The van der Waals surface area contributed by atoms with Crippen LogP contribution >= 0.6 is 11.8 Å². The van der Waals surface area contributed by atoms with Crippen molar-refractivity contribution in [2.24, 2.45) is 10.9 Å². The van der Waals surface area contributed by atoms with E-state index in [1.807, 2.05) is 11.8 Å². The molecule has 1 N–H and O–H groups in total. The third-order valence-corrected chi connectivity index (χ3v) is 4.75. The van der Waals surface area contributed by atoms with Gasteiger partial charge < -0.3 is 10.2 Å². The Bertz CT molecular complexity index is 275. The van der Waals surface area contributed by atoms with Crippen molar-refractivity contribution in [3.63, 3.8) is 0 Å². The molecule has 2 aliphatic rings. The predicted molar refractivity (Wildman–Crippen MR) is 81.4 cm³/mol. The van der Waals surface area contributed by atoms with Gasteiger partial charge in [0.25, 0.3) is 0 Å². The first kappa shape index (κ1) is 14.2. The van der Waals surface area contributed by atoms with Gasteiger partial charge in [0.05, 0.1) is 0 Å². The van der Waals surface area contributed by atoms with E-state index in [9.17, 15) is 0 Å². The van der Waals surface area contributed by atoms with E-state index in [1.165, 1.54) is 38.9 Å². The zero-order chi connectivity index (χ0) is 13.0. The Kier molecular flexibility index (Phi) is 5.37. The summed E-state index contributed by atoms with van der Waals surface area (Å²) >= 11 is 1.90. The number of nitrogens with zero attached hydrogens (tertiary/aromatic N) is 2. The molecule has 2 fully saturated rings. The highest BCUT2D eigenvalue weighted by Gasteiger charge is 2.20. The maximum Gasteiger partial charge on any atom is 0.157 e. The molecule has 3 atom stereocenters. The zero-order valence-electron chi connectivity index (χ0n) is 12.0. The molecule has 3 unspecified atom stereocenters. The van der Waals surface area contributed by atoms with E-state index >= 15 is 0 Å². The van der Waals surface area contributed by atoms with Crippen LogP contribution in [0.2, 0.25) is 0 Å². The summed E-state index contributed by atoms with van der Waals surface area (Å²) in [6, 6.07) is 0.578. The molecular formula is C14H27N3S. The molecule has 18 heavy (non-hydrogen) atoms. The van der Waals surface area contributed by atoms with E-state index in [0.717, 1.165) is 11.7 Å². The van der Waals surface area contributed by atoms with Gasteiger partial charge in [0, 0.05) is 24.4 Å². The van der Waals surface area contributed by atoms with Gasteiger partial charge in [0.2, 0.25) is 0 Å². The van der Waals surface area contributed by atoms with Gasteiger partial charge in [-0.15, -0.1) is 0 Å². The Morgan fingerprint density at radius 3 is 2.78 bits per heavy atom. The van der Waals surface area contributed by atoms with Crippen molar-refractivity contribution in [1.29, 1.82) is 0 Å². The molecule has 0 saturated carbocycles. The van der Waals surface area contributed by atoms with Crippen molar-refractivity contribution in [2.45, 2.75) is 51.3 Å². The first-order valence-corrected chi connectivity index (χ1v) is 8.21. The van der Waals surface area contributed by atoms with Crippen molar-refractivity contribution < 1.29 is 0 Å². The fourth-order valence-corrected chi connectivity index (χ4v) is 4.01. The SMILES string of the molecule is CC(CN=C1NC(C)CC(C)S1)CN1CCCC1. The van der Waals surface area contributed by atoms with Gasteiger partial charge in [-0.25, -0.2) is 0 Å². The standard InChI is InChI=1S/C14H27N3S/c1-11(10-17-6-4-5-7-17)9-15-14-16-12(2)8-13(3)18-14/h11-13H,4-10H2,1-3H3,(H,15,16). The van der Waals surface area contributed by atoms with E-state index < -0.39 is 0 Å². The van der Waals surface area contributed by atoms with Gasteiger partial charge in [0.15, 0.2) is 5.17 Å². The van der Waals surface area contributed by atoms with Crippen molar-refractivity contribution in [1.82, 2.24) is 10.2 Å². The summed E-state index contributed by atoms with van der Waals surface area (Å²) in [5.74, 6) is 0.672. The second-order valence-electron chi connectivity index (χ2n) is 5.97. The zero-order valence-corrected chi connectivity index (χ0v) is 12.8. The molecular weight excluding hydrogens is 242 g/mol. The van der Waals surface area contributed by atoms with Crippen LogP contribution in [0.1, 0.15) is 40.0 Å². The number of thioether (sulfide) groups is 1. The molecule has 4 heteroatoms. The van der Waals surface area contributed by atoms with E-state index in [1.54, 1.807) is 0 Å². The van der Waals surface area contributed by atoms with Crippen LogP contribution in [0.15, 0.2) is 4.99 Å². The van der Waals surface area contributed by atoms with Crippen LogP contribution in [0.4, 0.5) is 0 Å². The molecule has 0 aromatic rings. The largest absolute Gasteiger partial charge is 0.362 e. The van der Waals surface area contributed by atoms with Gasteiger partial charge in [-0.3, -0.25) is 4.99 Å². The summed E-state index contributed by atoms with van der Waals surface area (Å²) in [6.07, 6.45) is 4.01. The molecule has 2 saturated heterocycles. The molecule has 0 aromatic heterocycles. The highest BCUT2D eigenvalue weighted by molar-refractivity contribution is 8.14. The maximum atomic E-state index is 4.77. The monoisotopic (exact) mass is 269 g/mol. The number of likely N-dealkylation sites (tertiary alicyclic amines) is 1. The fourth-order valence-electron chi connectivity index (χ4n) is 2.83. The average molecular weight is 269 g/mol. The smallest absolute Gasteiger partial charge is 0.157 e. The van der Waals surface area contributed by atoms with E-state index in [4.69, 9.17) is 4.99 Å². The normalized spacial score (nSPS) is 33.6. The molecule has 0 radical (unpaired) electrons. The van der Waals surface area contributed by atoms with Crippen LogP contribution in [0.5, 0.6) is 0 Å². The molecule has 2 heterocycles. The minimum atomic E-state index is 0.578. The number of hydrogen-bond acceptors (Lipinski definition) is 3. The van der Waals surface area contributed by atoms with Gasteiger partial charge >= 0.3 is 0 Å². The minimum absolute atomic E-state index is 0.578. The lowest BCUT2D eigenvalue weighted by Crippen LogP contribution is -2.38. The summed E-state index contributed by atoms with van der Waals surface area (Å²) < 4.78 is 0. The van der Waals surface area contributed by atoms with Crippen LogP contribution in [-0.2, 0) is 0 Å². The number of nitrogens with one attached hydrogen (secondary N) is 1. The Labute approximate surface area is 116 Å². The van der Waals surface area contributed by atoms with Crippen molar-refractivity contribution in [3.05, 3.63) is 0 Å². The molecule has 0 spiro atoms. The maximum absolute atomic E-state index is 4.77.